The lowest BCUT2D eigenvalue weighted by molar-refractivity contribution is 0.0594. The molecule has 0 spiro atoms. The van der Waals surface area contributed by atoms with E-state index in [1.165, 1.54) is 18.2 Å². The molecule has 0 saturated heterocycles. The van der Waals surface area contributed by atoms with Crippen LogP contribution in [0.1, 0.15) is 28.5 Å². The number of methoxy groups -OCH3 is 1. The topological polar surface area (TPSA) is 51.2 Å². The number of anilines is 2. The average molecular weight is 320 g/mol. The van der Waals surface area contributed by atoms with E-state index in [1.54, 1.807) is 6.07 Å². The molecule has 0 radical (unpaired) electrons. The maximum absolute atomic E-state index is 11.9. The fourth-order valence-corrected chi connectivity index (χ4v) is 2.60. The number of carbonyl (C=O) groups is 1. The van der Waals surface area contributed by atoms with Crippen LogP contribution in [0.2, 0.25) is 0 Å². The summed E-state index contributed by atoms with van der Waals surface area (Å²) in [5, 5.41) is 4.39. The van der Waals surface area contributed by atoms with Gasteiger partial charge in [-0.2, -0.15) is 0 Å². The number of ether oxygens (including phenoxy) is 1. The zero-order valence-corrected chi connectivity index (χ0v) is 14.1. The number of rotatable bonds is 4. The van der Waals surface area contributed by atoms with Gasteiger partial charge in [-0.05, 0) is 49.2 Å². The van der Waals surface area contributed by atoms with E-state index < -0.39 is 5.97 Å². The molecule has 4 nitrogen and oxygen atoms in total. The maximum atomic E-state index is 11.9. The van der Waals surface area contributed by atoms with E-state index in [-0.39, 0.29) is 0 Å². The molecule has 0 aliphatic heterocycles. The Kier molecular flexibility index (Phi) is 4.47. The van der Waals surface area contributed by atoms with Crippen LogP contribution in [0.5, 0.6) is 0 Å². The van der Waals surface area contributed by atoms with Crippen LogP contribution >= 0.6 is 0 Å². The van der Waals surface area contributed by atoms with E-state index >= 15 is 0 Å². The molecule has 2 aromatic carbocycles. The van der Waals surface area contributed by atoms with Gasteiger partial charge in [0.2, 0.25) is 0 Å². The van der Waals surface area contributed by atoms with Gasteiger partial charge in [0, 0.05) is 11.1 Å². The summed E-state index contributed by atoms with van der Waals surface area (Å²) in [6, 6.07) is 16.0. The summed E-state index contributed by atoms with van der Waals surface area (Å²) in [5.41, 5.74) is 5.30. The fourth-order valence-electron chi connectivity index (χ4n) is 2.60. The Balaban J connectivity index is 2.13. The molecule has 0 saturated carbocycles. The van der Waals surface area contributed by atoms with E-state index in [0.717, 1.165) is 28.7 Å². The summed E-state index contributed by atoms with van der Waals surface area (Å²) in [6.07, 6.45) is 0.943. The standard InChI is InChI=1S/C20H20N2O2/c1-4-14-7-10-17-16(11-14)18(12-19(22-17)20(23)24-3)21-15-8-5-13(2)6-9-15/h5-12H,4H2,1-3H3,(H,21,22). The van der Waals surface area contributed by atoms with Crippen molar-refractivity contribution in [2.75, 3.05) is 12.4 Å². The molecule has 0 amide bonds. The molecule has 1 aromatic heterocycles. The number of fused-ring (bicyclic) bond motifs is 1. The highest BCUT2D eigenvalue weighted by Crippen LogP contribution is 2.28. The second kappa shape index (κ2) is 6.71. The second-order valence-corrected chi connectivity index (χ2v) is 5.74. The van der Waals surface area contributed by atoms with Crippen molar-refractivity contribution >= 4 is 28.2 Å². The Morgan fingerprint density at radius 3 is 2.54 bits per heavy atom. The first-order valence-corrected chi connectivity index (χ1v) is 7.96. The van der Waals surface area contributed by atoms with Gasteiger partial charge in [0.05, 0.1) is 18.3 Å². The quantitative estimate of drug-likeness (QED) is 0.712. The number of nitrogens with one attached hydrogen (secondary N) is 1. The summed E-state index contributed by atoms with van der Waals surface area (Å²) in [4.78, 5) is 16.3. The summed E-state index contributed by atoms with van der Waals surface area (Å²) in [5.74, 6) is -0.441. The molecule has 0 unspecified atom stereocenters. The first-order valence-electron chi connectivity index (χ1n) is 7.96. The number of pyridine rings is 1. The molecule has 0 bridgehead atoms. The molecule has 1 N–H and O–H groups in total. The van der Waals surface area contributed by atoms with Crippen molar-refractivity contribution in [3.8, 4) is 0 Å². The lowest BCUT2D eigenvalue weighted by atomic mass is 10.1. The monoisotopic (exact) mass is 320 g/mol. The minimum atomic E-state index is -0.441. The molecule has 1 heterocycles. The van der Waals surface area contributed by atoms with Crippen LogP contribution < -0.4 is 5.32 Å². The van der Waals surface area contributed by atoms with Crippen LogP contribution in [0.3, 0.4) is 0 Å². The molecule has 0 aliphatic rings. The lowest BCUT2D eigenvalue weighted by Gasteiger charge is -2.12. The highest BCUT2D eigenvalue weighted by atomic mass is 16.5. The van der Waals surface area contributed by atoms with Gasteiger partial charge in [-0.15, -0.1) is 0 Å². The molecule has 0 atom stereocenters. The summed E-state index contributed by atoms with van der Waals surface area (Å²) in [7, 11) is 1.36. The van der Waals surface area contributed by atoms with E-state index in [4.69, 9.17) is 4.74 Å². The second-order valence-electron chi connectivity index (χ2n) is 5.74. The zero-order valence-electron chi connectivity index (χ0n) is 14.1. The minimum Gasteiger partial charge on any atom is -0.464 e. The molecule has 0 aliphatic carbocycles. The summed E-state index contributed by atoms with van der Waals surface area (Å²) < 4.78 is 4.82. The molecule has 122 valence electrons. The minimum absolute atomic E-state index is 0.295. The van der Waals surface area contributed by atoms with Gasteiger partial charge in [-0.1, -0.05) is 30.7 Å². The maximum Gasteiger partial charge on any atom is 0.356 e. The average Bonchev–Trinajstić information content (AvgIpc) is 2.62. The number of hydrogen-bond donors (Lipinski definition) is 1. The van der Waals surface area contributed by atoms with Gasteiger partial charge in [0.25, 0.3) is 0 Å². The van der Waals surface area contributed by atoms with E-state index in [0.29, 0.717) is 5.69 Å². The number of benzene rings is 2. The Hall–Kier alpha value is -2.88. The number of aromatic nitrogens is 1. The Morgan fingerprint density at radius 2 is 1.88 bits per heavy atom. The van der Waals surface area contributed by atoms with Crippen LogP contribution in [-0.2, 0) is 11.2 Å². The van der Waals surface area contributed by atoms with Gasteiger partial charge in [0.15, 0.2) is 5.69 Å². The Bertz CT molecular complexity index is 886. The number of nitrogens with zero attached hydrogens (tertiary/aromatic N) is 1. The Morgan fingerprint density at radius 1 is 1.12 bits per heavy atom. The van der Waals surface area contributed by atoms with E-state index in [9.17, 15) is 4.79 Å². The lowest BCUT2D eigenvalue weighted by Crippen LogP contribution is -2.06. The van der Waals surface area contributed by atoms with Crippen molar-refractivity contribution in [1.29, 1.82) is 0 Å². The number of carbonyl (C=O) groups excluding carboxylic acids is 1. The summed E-state index contributed by atoms with van der Waals surface area (Å²) in [6.45, 7) is 4.17. The third kappa shape index (κ3) is 3.23. The molecule has 24 heavy (non-hydrogen) atoms. The van der Waals surface area contributed by atoms with Crippen LogP contribution in [0.25, 0.3) is 10.9 Å². The van der Waals surface area contributed by atoms with E-state index in [1.807, 2.05) is 36.4 Å². The van der Waals surface area contributed by atoms with Crippen molar-refractivity contribution in [2.24, 2.45) is 0 Å². The van der Waals surface area contributed by atoms with Crippen molar-refractivity contribution in [3.05, 3.63) is 65.4 Å². The van der Waals surface area contributed by atoms with Gasteiger partial charge >= 0.3 is 5.97 Å². The van der Waals surface area contributed by atoms with Crippen LogP contribution in [-0.4, -0.2) is 18.1 Å². The number of aryl methyl sites for hydroxylation is 2. The molecular formula is C20H20N2O2. The normalized spacial score (nSPS) is 10.6. The first-order chi connectivity index (χ1) is 11.6. The molecular weight excluding hydrogens is 300 g/mol. The fraction of sp³-hybridized carbons (Fsp3) is 0.200. The van der Waals surface area contributed by atoms with E-state index in [2.05, 4.69) is 30.2 Å². The largest absolute Gasteiger partial charge is 0.464 e. The first kappa shape index (κ1) is 16.0. The Labute approximate surface area is 141 Å². The van der Waals surface area contributed by atoms with Crippen molar-refractivity contribution < 1.29 is 9.53 Å². The van der Waals surface area contributed by atoms with Crippen LogP contribution in [0.4, 0.5) is 11.4 Å². The van der Waals surface area contributed by atoms with Gasteiger partial charge < -0.3 is 10.1 Å². The SMILES string of the molecule is CCc1ccc2nc(C(=O)OC)cc(Nc3ccc(C)cc3)c2c1. The van der Waals surface area contributed by atoms with Crippen molar-refractivity contribution in [2.45, 2.75) is 20.3 Å². The van der Waals surface area contributed by atoms with Gasteiger partial charge in [0.1, 0.15) is 0 Å². The molecule has 3 rings (SSSR count). The molecule has 4 heteroatoms. The summed E-state index contributed by atoms with van der Waals surface area (Å²) >= 11 is 0. The molecule has 0 fully saturated rings. The highest BCUT2D eigenvalue weighted by molar-refractivity contribution is 5.99. The van der Waals surface area contributed by atoms with Crippen molar-refractivity contribution in [3.63, 3.8) is 0 Å². The number of esters is 1. The predicted octanol–water partition coefficient (Wildman–Crippen LogP) is 4.64. The smallest absolute Gasteiger partial charge is 0.356 e. The third-order valence-corrected chi connectivity index (χ3v) is 4.01. The molecule has 3 aromatic rings. The zero-order chi connectivity index (χ0) is 17.1. The van der Waals surface area contributed by atoms with Gasteiger partial charge in [-0.25, -0.2) is 9.78 Å². The van der Waals surface area contributed by atoms with Crippen molar-refractivity contribution in [1.82, 2.24) is 4.98 Å². The van der Waals surface area contributed by atoms with Crippen LogP contribution in [0.15, 0.2) is 48.5 Å². The predicted molar refractivity (Wildman–Crippen MR) is 96.9 cm³/mol. The third-order valence-electron chi connectivity index (χ3n) is 4.01. The number of hydrogen-bond acceptors (Lipinski definition) is 4. The van der Waals surface area contributed by atoms with Gasteiger partial charge in [-0.3, -0.25) is 0 Å². The highest BCUT2D eigenvalue weighted by Gasteiger charge is 2.13. The van der Waals surface area contributed by atoms with Crippen LogP contribution in [0, 0.1) is 6.92 Å².